The second kappa shape index (κ2) is 4.04. The quantitative estimate of drug-likeness (QED) is 0.444. The third-order valence-electron chi connectivity index (χ3n) is 4.22. The van der Waals surface area contributed by atoms with Gasteiger partial charge in [-0.2, -0.15) is 4.57 Å². The van der Waals surface area contributed by atoms with Crippen LogP contribution in [0.25, 0.3) is 10.9 Å². The molecule has 0 saturated carbocycles. The van der Waals surface area contributed by atoms with Crippen molar-refractivity contribution in [1.29, 1.82) is 0 Å². The predicted octanol–water partition coefficient (Wildman–Crippen LogP) is 1.78. The lowest BCUT2D eigenvalue weighted by Gasteiger charge is -2.19. The highest BCUT2D eigenvalue weighted by Crippen LogP contribution is 2.18. The highest BCUT2D eigenvalue weighted by Gasteiger charge is 2.26. The average Bonchev–Trinajstić information content (AvgIpc) is 2.51. The van der Waals surface area contributed by atoms with E-state index in [1.807, 2.05) is 31.3 Å². The Labute approximate surface area is 116 Å². The summed E-state index contributed by atoms with van der Waals surface area (Å²) in [7, 11) is 1.87. The summed E-state index contributed by atoms with van der Waals surface area (Å²) in [5, 5.41) is 0.790. The van der Waals surface area contributed by atoms with E-state index in [9.17, 15) is 4.79 Å². The molecule has 0 radical (unpaired) electrons. The van der Waals surface area contributed by atoms with Gasteiger partial charge in [0.2, 0.25) is 0 Å². The standard InChI is InChI=1S/C17H15N2O/c1-18-16-10-12-6-2-3-7-13(12)11-19(16)15-9-5-4-8-14(15)17(18)20/h2-9H,10-11H2,1H3/q+1. The molecule has 4 rings (SSSR count). The molecule has 2 heterocycles. The number of benzene rings is 2. The van der Waals surface area contributed by atoms with Crippen molar-refractivity contribution >= 4 is 10.9 Å². The summed E-state index contributed by atoms with van der Waals surface area (Å²) >= 11 is 0. The number of rotatable bonds is 0. The Kier molecular flexibility index (Phi) is 2.30. The van der Waals surface area contributed by atoms with Crippen molar-refractivity contribution in [3.63, 3.8) is 0 Å². The van der Waals surface area contributed by atoms with Crippen molar-refractivity contribution < 1.29 is 4.57 Å². The van der Waals surface area contributed by atoms with E-state index < -0.39 is 0 Å². The van der Waals surface area contributed by atoms with Crippen LogP contribution in [0.4, 0.5) is 0 Å². The van der Waals surface area contributed by atoms with Crippen LogP contribution in [0, 0.1) is 0 Å². The largest absolute Gasteiger partial charge is 0.345 e. The van der Waals surface area contributed by atoms with Gasteiger partial charge >= 0.3 is 5.56 Å². The van der Waals surface area contributed by atoms with Crippen molar-refractivity contribution in [2.24, 2.45) is 7.05 Å². The van der Waals surface area contributed by atoms with Gasteiger partial charge < -0.3 is 0 Å². The zero-order chi connectivity index (χ0) is 13.7. The third-order valence-corrected chi connectivity index (χ3v) is 4.22. The topological polar surface area (TPSA) is 25.9 Å². The van der Waals surface area contributed by atoms with E-state index in [0.29, 0.717) is 0 Å². The molecule has 0 aliphatic carbocycles. The minimum absolute atomic E-state index is 0.0891. The van der Waals surface area contributed by atoms with E-state index in [-0.39, 0.29) is 5.56 Å². The Morgan fingerprint density at radius 1 is 1.00 bits per heavy atom. The van der Waals surface area contributed by atoms with Crippen molar-refractivity contribution in [3.05, 3.63) is 75.8 Å². The molecular formula is C17H15N2O+. The maximum atomic E-state index is 12.5. The van der Waals surface area contributed by atoms with Gasteiger partial charge in [-0.25, -0.2) is 9.36 Å². The van der Waals surface area contributed by atoms with Crippen LogP contribution >= 0.6 is 0 Å². The maximum absolute atomic E-state index is 12.5. The van der Waals surface area contributed by atoms with Gasteiger partial charge in [0.05, 0.1) is 13.5 Å². The maximum Gasteiger partial charge on any atom is 0.345 e. The molecule has 0 atom stereocenters. The van der Waals surface area contributed by atoms with Gasteiger partial charge in [-0.15, -0.1) is 0 Å². The van der Waals surface area contributed by atoms with E-state index in [2.05, 4.69) is 28.8 Å². The fourth-order valence-electron chi connectivity index (χ4n) is 3.12. The first-order valence-electron chi connectivity index (χ1n) is 6.83. The molecule has 1 aliphatic rings. The van der Waals surface area contributed by atoms with Crippen molar-refractivity contribution in [1.82, 2.24) is 4.57 Å². The molecule has 1 aromatic heterocycles. The van der Waals surface area contributed by atoms with Crippen molar-refractivity contribution in [2.75, 3.05) is 0 Å². The molecule has 0 unspecified atom stereocenters. The van der Waals surface area contributed by atoms with Crippen LogP contribution in [0.15, 0.2) is 53.3 Å². The molecule has 2 aromatic carbocycles. The van der Waals surface area contributed by atoms with Crippen molar-refractivity contribution in [3.8, 4) is 0 Å². The second-order valence-electron chi connectivity index (χ2n) is 5.33. The van der Waals surface area contributed by atoms with Gasteiger partial charge in [0.1, 0.15) is 17.4 Å². The number of para-hydroxylation sites is 1. The second-order valence-corrected chi connectivity index (χ2v) is 5.33. The number of aromatic nitrogens is 2. The lowest BCUT2D eigenvalue weighted by molar-refractivity contribution is -0.676. The number of hydrogen-bond donors (Lipinski definition) is 0. The molecule has 0 spiro atoms. The fraction of sp³-hybridized carbons (Fsp3) is 0.176. The predicted molar refractivity (Wildman–Crippen MR) is 77.7 cm³/mol. The molecule has 1 aliphatic heterocycles. The Morgan fingerprint density at radius 2 is 1.70 bits per heavy atom. The first kappa shape index (κ1) is 11.4. The SMILES string of the molecule is Cn1c2[n+](c3ccccc3c1=O)Cc1ccccc1C2. The molecule has 3 nitrogen and oxygen atoms in total. The van der Waals surface area contributed by atoms with Crippen LogP contribution in [0.1, 0.15) is 17.0 Å². The summed E-state index contributed by atoms with van der Waals surface area (Å²) in [5.41, 5.74) is 3.78. The monoisotopic (exact) mass is 263 g/mol. The van der Waals surface area contributed by atoms with Crippen LogP contribution in [0.5, 0.6) is 0 Å². The minimum atomic E-state index is 0.0891. The summed E-state index contributed by atoms with van der Waals surface area (Å²) in [4.78, 5) is 12.5. The Morgan fingerprint density at radius 3 is 2.55 bits per heavy atom. The van der Waals surface area contributed by atoms with Gasteiger partial charge in [-0.05, 0) is 23.3 Å². The summed E-state index contributed by atoms with van der Waals surface area (Å²) in [6.45, 7) is 0.833. The smallest absolute Gasteiger partial charge is 0.241 e. The number of nitrogens with zero attached hydrogens (tertiary/aromatic N) is 2. The van der Waals surface area contributed by atoms with Crippen LogP contribution in [-0.4, -0.2) is 4.57 Å². The Bertz CT molecular complexity index is 893. The molecule has 0 bridgehead atoms. The molecule has 0 N–H and O–H groups in total. The van der Waals surface area contributed by atoms with E-state index in [1.54, 1.807) is 4.57 Å². The normalized spacial score (nSPS) is 13.1. The summed E-state index contributed by atoms with van der Waals surface area (Å²) in [5.74, 6) is 1.08. The Hall–Kier alpha value is -2.42. The van der Waals surface area contributed by atoms with Crippen LogP contribution in [-0.2, 0) is 20.0 Å². The number of hydrogen-bond acceptors (Lipinski definition) is 1. The molecule has 3 aromatic rings. The molecule has 3 heteroatoms. The average molecular weight is 263 g/mol. The number of fused-ring (bicyclic) bond motifs is 4. The van der Waals surface area contributed by atoms with Crippen molar-refractivity contribution in [2.45, 2.75) is 13.0 Å². The van der Waals surface area contributed by atoms with E-state index in [1.165, 1.54) is 11.1 Å². The summed E-state index contributed by atoms with van der Waals surface area (Å²) in [6.07, 6.45) is 0.812. The minimum Gasteiger partial charge on any atom is -0.241 e. The molecule has 0 saturated heterocycles. The van der Waals surface area contributed by atoms with Gasteiger partial charge in [0, 0.05) is 0 Å². The van der Waals surface area contributed by atoms with Gasteiger partial charge in [-0.3, -0.25) is 0 Å². The molecule has 20 heavy (non-hydrogen) atoms. The fourth-order valence-corrected chi connectivity index (χ4v) is 3.12. The van der Waals surface area contributed by atoms with Crippen LogP contribution in [0.3, 0.4) is 0 Å². The van der Waals surface area contributed by atoms with Crippen LogP contribution in [0.2, 0.25) is 0 Å². The summed E-state index contributed by atoms with van der Waals surface area (Å²) < 4.78 is 4.05. The van der Waals surface area contributed by atoms with E-state index in [4.69, 9.17) is 0 Å². The molecule has 0 fully saturated rings. The Balaban J connectivity index is 2.09. The summed E-state index contributed by atoms with van der Waals surface area (Å²) in [6, 6.07) is 16.3. The molecule has 98 valence electrons. The lowest BCUT2D eigenvalue weighted by Crippen LogP contribution is -2.49. The van der Waals surface area contributed by atoms with E-state index >= 15 is 0 Å². The molecule has 0 amide bonds. The zero-order valence-corrected chi connectivity index (χ0v) is 11.3. The highest BCUT2D eigenvalue weighted by atomic mass is 16.1. The van der Waals surface area contributed by atoms with Crippen LogP contribution < -0.4 is 10.1 Å². The highest BCUT2D eigenvalue weighted by molar-refractivity contribution is 5.74. The third kappa shape index (κ3) is 1.46. The zero-order valence-electron chi connectivity index (χ0n) is 11.3. The van der Waals surface area contributed by atoms with Gasteiger partial charge in [0.25, 0.3) is 5.82 Å². The first-order chi connectivity index (χ1) is 9.75. The van der Waals surface area contributed by atoms with Gasteiger partial charge in [-0.1, -0.05) is 36.4 Å². The van der Waals surface area contributed by atoms with Gasteiger partial charge in [0.15, 0.2) is 0 Å². The van der Waals surface area contributed by atoms with E-state index in [0.717, 1.165) is 29.7 Å². The first-order valence-corrected chi connectivity index (χ1v) is 6.83. The lowest BCUT2D eigenvalue weighted by atomic mass is 10.00. The molecular weight excluding hydrogens is 248 g/mol.